The molecule has 0 atom stereocenters. The van der Waals surface area contributed by atoms with Crippen LogP contribution in [0.1, 0.15) is 33.9 Å². The summed E-state index contributed by atoms with van der Waals surface area (Å²) in [4.78, 5) is 16.3. The third kappa shape index (κ3) is 6.75. The Labute approximate surface area is 147 Å². The van der Waals surface area contributed by atoms with Crippen LogP contribution in [-0.2, 0) is 6.42 Å². The number of unbranched alkanes of at least 4 members (excludes halogenated alkanes) is 1. The second-order valence-electron chi connectivity index (χ2n) is 4.54. The molecular formula is C15H21Cl2N3OS. The summed E-state index contributed by atoms with van der Waals surface area (Å²) in [7, 11) is 0. The Kier molecular flexibility index (Phi) is 10.8. The number of thiazole rings is 1. The van der Waals surface area contributed by atoms with Crippen LogP contribution in [0.5, 0.6) is 0 Å². The van der Waals surface area contributed by atoms with Gasteiger partial charge in [-0.1, -0.05) is 30.3 Å². The van der Waals surface area contributed by atoms with Crippen LogP contribution in [0.4, 0.5) is 0 Å². The highest BCUT2D eigenvalue weighted by Crippen LogP contribution is 2.14. The Hall–Kier alpha value is -1.14. The minimum atomic E-state index is -0.0995. The van der Waals surface area contributed by atoms with Crippen molar-refractivity contribution in [1.82, 2.24) is 10.3 Å². The van der Waals surface area contributed by atoms with E-state index in [-0.39, 0.29) is 30.7 Å². The number of carbonyl (C=O) groups excluding carboxylic acids is 1. The van der Waals surface area contributed by atoms with Gasteiger partial charge < -0.3 is 11.1 Å². The largest absolute Gasteiger partial charge is 0.351 e. The zero-order chi connectivity index (χ0) is 14.2. The highest BCUT2D eigenvalue weighted by atomic mass is 35.5. The van der Waals surface area contributed by atoms with Gasteiger partial charge in [-0.25, -0.2) is 4.98 Å². The van der Waals surface area contributed by atoms with Crippen LogP contribution >= 0.6 is 36.2 Å². The molecule has 2 rings (SSSR count). The minimum absolute atomic E-state index is 0. The molecule has 1 amide bonds. The molecule has 1 heterocycles. The van der Waals surface area contributed by atoms with Crippen LogP contribution < -0.4 is 11.1 Å². The van der Waals surface area contributed by atoms with Gasteiger partial charge in [0.25, 0.3) is 5.91 Å². The molecular weight excluding hydrogens is 341 g/mol. The quantitative estimate of drug-likeness (QED) is 0.744. The minimum Gasteiger partial charge on any atom is -0.351 e. The van der Waals surface area contributed by atoms with Gasteiger partial charge in [0.05, 0.1) is 5.01 Å². The molecule has 0 bridgehead atoms. The lowest BCUT2D eigenvalue weighted by atomic mass is 10.2. The van der Waals surface area contributed by atoms with Crippen molar-refractivity contribution in [3.8, 4) is 0 Å². The number of halogens is 2. The fourth-order valence-corrected chi connectivity index (χ4v) is 2.64. The maximum atomic E-state index is 11.9. The molecule has 1 aromatic heterocycles. The molecule has 7 heteroatoms. The van der Waals surface area contributed by atoms with E-state index in [0.717, 1.165) is 24.3 Å². The predicted molar refractivity (Wildman–Crippen MR) is 96.5 cm³/mol. The molecule has 0 unspecified atom stereocenters. The second-order valence-corrected chi connectivity index (χ2v) is 5.48. The maximum Gasteiger partial charge on any atom is 0.270 e. The molecule has 0 aliphatic rings. The first-order valence-electron chi connectivity index (χ1n) is 6.76. The number of aromatic nitrogens is 1. The summed E-state index contributed by atoms with van der Waals surface area (Å²) in [5, 5.41) is 5.64. The lowest BCUT2D eigenvalue weighted by Gasteiger charge is -2.01. The monoisotopic (exact) mass is 361 g/mol. The van der Waals surface area contributed by atoms with E-state index < -0.39 is 0 Å². The molecule has 0 saturated heterocycles. The van der Waals surface area contributed by atoms with Crippen LogP contribution in [0, 0.1) is 0 Å². The van der Waals surface area contributed by atoms with Crippen LogP contribution in [0.2, 0.25) is 0 Å². The van der Waals surface area contributed by atoms with Crippen molar-refractivity contribution in [3.63, 3.8) is 0 Å². The highest BCUT2D eigenvalue weighted by Gasteiger charge is 2.10. The van der Waals surface area contributed by atoms with Crippen molar-refractivity contribution >= 4 is 42.1 Å². The number of amides is 1. The van der Waals surface area contributed by atoms with Gasteiger partial charge in [0.1, 0.15) is 5.69 Å². The fourth-order valence-electron chi connectivity index (χ4n) is 1.83. The summed E-state index contributed by atoms with van der Waals surface area (Å²) in [6.07, 6.45) is 2.60. The lowest BCUT2D eigenvalue weighted by molar-refractivity contribution is 0.0948. The average molecular weight is 362 g/mol. The number of nitrogens with two attached hydrogens (primary N) is 1. The van der Waals surface area contributed by atoms with Crippen molar-refractivity contribution in [2.75, 3.05) is 13.1 Å². The van der Waals surface area contributed by atoms with E-state index >= 15 is 0 Å². The Morgan fingerprint density at radius 1 is 1.18 bits per heavy atom. The van der Waals surface area contributed by atoms with E-state index in [1.165, 1.54) is 16.9 Å². The Bertz CT molecular complexity index is 549. The number of rotatable bonds is 7. The molecule has 3 N–H and O–H groups in total. The van der Waals surface area contributed by atoms with Crippen molar-refractivity contribution in [3.05, 3.63) is 52.0 Å². The smallest absolute Gasteiger partial charge is 0.270 e. The third-order valence-corrected chi connectivity index (χ3v) is 3.75. The standard InChI is InChI=1S/C15H19N3OS.2ClH/c16-8-4-5-9-17-15(19)13-11-20-14(18-13)10-12-6-2-1-3-7-12;;/h1-3,6-7,11H,4-5,8-10,16H2,(H,17,19);2*1H. The Morgan fingerprint density at radius 3 is 2.59 bits per heavy atom. The van der Waals surface area contributed by atoms with E-state index in [0.29, 0.717) is 18.8 Å². The van der Waals surface area contributed by atoms with Gasteiger partial charge in [0.15, 0.2) is 0 Å². The third-order valence-electron chi connectivity index (χ3n) is 2.90. The van der Waals surface area contributed by atoms with Gasteiger partial charge in [0.2, 0.25) is 0 Å². The SMILES string of the molecule is Cl.Cl.NCCCCNC(=O)c1csc(Cc2ccccc2)n1. The zero-order valence-corrected chi connectivity index (χ0v) is 14.6. The molecule has 0 radical (unpaired) electrons. The Balaban J connectivity index is 0.00000220. The van der Waals surface area contributed by atoms with E-state index in [1.807, 2.05) is 23.6 Å². The second kappa shape index (κ2) is 11.4. The van der Waals surface area contributed by atoms with Crippen LogP contribution in [0.25, 0.3) is 0 Å². The van der Waals surface area contributed by atoms with Gasteiger partial charge >= 0.3 is 0 Å². The average Bonchev–Trinajstić information content (AvgIpc) is 2.93. The van der Waals surface area contributed by atoms with Gasteiger partial charge in [-0.2, -0.15) is 0 Å². The number of nitrogens with zero attached hydrogens (tertiary/aromatic N) is 1. The van der Waals surface area contributed by atoms with Crippen molar-refractivity contribution in [1.29, 1.82) is 0 Å². The van der Waals surface area contributed by atoms with Crippen molar-refractivity contribution in [2.24, 2.45) is 5.73 Å². The molecule has 22 heavy (non-hydrogen) atoms. The van der Waals surface area contributed by atoms with E-state index in [4.69, 9.17) is 5.73 Å². The number of benzene rings is 1. The predicted octanol–water partition coefficient (Wildman–Crippen LogP) is 3.05. The van der Waals surface area contributed by atoms with Gasteiger partial charge in [-0.15, -0.1) is 36.2 Å². The maximum absolute atomic E-state index is 11.9. The zero-order valence-electron chi connectivity index (χ0n) is 12.2. The number of hydrogen-bond donors (Lipinski definition) is 2. The summed E-state index contributed by atoms with van der Waals surface area (Å²) >= 11 is 1.52. The van der Waals surface area contributed by atoms with Gasteiger partial charge in [-0.05, 0) is 24.9 Å². The molecule has 122 valence electrons. The van der Waals surface area contributed by atoms with Crippen molar-refractivity contribution in [2.45, 2.75) is 19.3 Å². The number of hydrogen-bond acceptors (Lipinski definition) is 4. The summed E-state index contributed by atoms with van der Waals surface area (Å²) in [5.41, 5.74) is 7.12. The van der Waals surface area contributed by atoms with Crippen LogP contribution in [0.15, 0.2) is 35.7 Å². The van der Waals surface area contributed by atoms with Gasteiger partial charge in [-0.3, -0.25) is 4.79 Å². The number of nitrogens with one attached hydrogen (secondary N) is 1. The van der Waals surface area contributed by atoms with Gasteiger partial charge in [0, 0.05) is 18.3 Å². The molecule has 0 spiro atoms. The molecule has 0 aliphatic heterocycles. The first kappa shape index (κ1) is 20.9. The first-order valence-corrected chi connectivity index (χ1v) is 7.64. The van der Waals surface area contributed by atoms with E-state index in [9.17, 15) is 4.79 Å². The summed E-state index contributed by atoms with van der Waals surface area (Å²) in [5.74, 6) is -0.0995. The summed E-state index contributed by atoms with van der Waals surface area (Å²) in [6, 6.07) is 10.1. The molecule has 2 aromatic rings. The normalized spacial score (nSPS) is 9.50. The summed E-state index contributed by atoms with van der Waals surface area (Å²) in [6.45, 7) is 1.31. The molecule has 0 saturated carbocycles. The van der Waals surface area contributed by atoms with Crippen LogP contribution in [0.3, 0.4) is 0 Å². The number of carbonyl (C=O) groups is 1. The van der Waals surface area contributed by atoms with E-state index in [1.54, 1.807) is 0 Å². The molecule has 0 aliphatic carbocycles. The lowest BCUT2D eigenvalue weighted by Crippen LogP contribution is -2.25. The molecule has 1 aromatic carbocycles. The van der Waals surface area contributed by atoms with Crippen molar-refractivity contribution < 1.29 is 4.79 Å². The topological polar surface area (TPSA) is 68.0 Å². The fraction of sp³-hybridized carbons (Fsp3) is 0.333. The Morgan fingerprint density at radius 2 is 1.91 bits per heavy atom. The molecule has 4 nitrogen and oxygen atoms in total. The van der Waals surface area contributed by atoms with E-state index in [2.05, 4.69) is 22.4 Å². The molecule has 0 fully saturated rings. The highest BCUT2D eigenvalue weighted by molar-refractivity contribution is 7.09. The summed E-state index contributed by atoms with van der Waals surface area (Å²) < 4.78 is 0. The van der Waals surface area contributed by atoms with Crippen LogP contribution in [-0.4, -0.2) is 24.0 Å². The first-order chi connectivity index (χ1) is 9.79.